The molecule has 0 aliphatic heterocycles. The number of thioether (sulfide) groups is 1. The molecule has 1 atom stereocenters. The molecule has 0 fully saturated rings. The zero-order chi connectivity index (χ0) is 16.6. The molecule has 0 saturated carbocycles. The van der Waals surface area contributed by atoms with Crippen molar-refractivity contribution < 1.29 is 14.7 Å². The quantitative estimate of drug-likeness (QED) is 0.373. The molecule has 0 spiro atoms. The molecule has 0 radical (unpaired) electrons. The van der Waals surface area contributed by atoms with E-state index in [2.05, 4.69) is 24.4 Å². The van der Waals surface area contributed by atoms with Crippen molar-refractivity contribution in [2.75, 3.05) is 12.0 Å². The number of amides is 1. The Kier molecular flexibility index (Phi) is 14.3. The van der Waals surface area contributed by atoms with Gasteiger partial charge in [0.05, 0.1) is 0 Å². The van der Waals surface area contributed by atoms with Gasteiger partial charge in [0.15, 0.2) is 0 Å². The first kappa shape index (κ1) is 21.0. The number of carbonyl (C=O) groups excluding carboxylic acids is 1. The van der Waals surface area contributed by atoms with E-state index in [4.69, 9.17) is 5.11 Å². The average Bonchev–Trinajstić information content (AvgIpc) is 2.49. The molecule has 128 valence electrons. The molecule has 0 rings (SSSR count). The highest BCUT2D eigenvalue weighted by atomic mass is 32.2. The van der Waals surface area contributed by atoms with Gasteiger partial charge in [-0.3, -0.25) is 4.79 Å². The summed E-state index contributed by atoms with van der Waals surface area (Å²) in [6.07, 6.45) is 14.9. The number of allylic oxidation sites excluding steroid dienone is 2. The summed E-state index contributed by atoms with van der Waals surface area (Å²) in [6, 6.07) is -0.756. The fraction of sp³-hybridized carbons (Fsp3) is 0.765. The normalized spacial score (nSPS) is 12.5. The molecule has 2 N–H and O–H groups in total. The van der Waals surface area contributed by atoms with Crippen LogP contribution in [0.4, 0.5) is 0 Å². The van der Waals surface area contributed by atoms with Crippen molar-refractivity contribution in [1.29, 1.82) is 0 Å². The van der Waals surface area contributed by atoms with Gasteiger partial charge in [0.2, 0.25) is 5.91 Å². The van der Waals surface area contributed by atoms with Gasteiger partial charge in [-0.15, -0.1) is 0 Å². The minimum Gasteiger partial charge on any atom is -0.480 e. The Morgan fingerprint density at radius 2 is 1.82 bits per heavy atom. The van der Waals surface area contributed by atoms with Crippen LogP contribution < -0.4 is 5.32 Å². The average molecular weight is 330 g/mol. The van der Waals surface area contributed by atoms with Crippen molar-refractivity contribution >= 4 is 23.6 Å². The number of nitrogens with one attached hydrogen (secondary N) is 1. The van der Waals surface area contributed by atoms with Crippen molar-refractivity contribution in [2.45, 2.75) is 70.8 Å². The van der Waals surface area contributed by atoms with Crippen LogP contribution >= 0.6 is 11.8 Å². The van der Waals surface area contributed by atoms with Crippen LogP contribution in [0.1, 0.15) is 64.7 Å². The summed E-state index contributed by atoms with van der Waals surface area (Å²) in [5.41, 5.74) is 0. The van der Waals surface area contributed by atoms with E-state index in [0.29, 0.717) is 12.8 Å². The summed E-state index contributed by atoms with van der Waals surface area (Å²) in [7, 11) is 0. The van der Waals surface area contributed by atoms with Crippen molar-refractivity contribution in [1.82, 2.24) is 5.32 Å². The van der Waals surface area contributed by atoms with Crippen molar-refractivity contribution in [3.63, 3.8) is 0 Å². The number of aliphatic carboxylic acids is 1. The number of hydrogen-bond acceptors (Lipinski definition) is 3. The van der Waals surface area contributed by atoms with Gasteiger partial charge in [0.1, 0.15) is 6.04 Å². The fourth-order valence-corrected chi connectivity index (χ4v) is 2.54. The number of carbonyl (C=O) groups is 2. The lowest BCUT2D eigenvalue weighted by Crippen LogP contribution is -2.41. The summed E-state index contributed by atoms with van der Waals surface area (Å²) < 4.78 is 0. The molecule has 5 heteroatoms. The second-order valence-corrected chi connectivity index (χ2v) is 6.44. The third-order valence-corrected chi connectivity index (χ3v) is 4.05. The van der Waals surface area contributed by atoms with Crippen molar-refractivity contribution in [3.05, 3.63) is 12.2 Å². The molecule has 0 heterocycles. The molecular formula is C17H31NO3S. The Morgan fingerprint density at radius 1 is 1.14 bits per heavy atom. The SMILES string of the molecule is CCCCCC/C=C\CCCC(=O)NC(CCSC)C(=O)O. The molecule has 1 amide bonds. The fourth-order valence-electron chi connectivity index (χ4n) is 2.06. The Labute approximate surface area is 139 Å². The van der Waals surface area contributed by atoms with E-state index in [9.17, 15) is 9.59 Å². The lowest BCUT2D eigenvalue weighted by atomic mass is 10.1. The van der Waals surface area contributed by atoms with E-state index in [1.54, 1.807) is 11.8 Å². The maximum absolute atomic E-state index is 11.7. The van der Waals surface area contributed by atoms with Gasteiger partial charge >= 0.3 is 5.97 Å². The molecule has 0 bridgehead atoms. The third kappa shape index (κ3) is 12.7. The van der Waals surface area contributed by atoms with E-state index >= 15 is 0 Å². The van der Waals surface area contributed by atoms with E-state index in [0.717, 1.165) is 25.0 Å². The summed E-state index contributed by atoms with van der Waals surface area (Å²) in [5, 5.41) is 11.6. The van der Waals surface area contributed by atoms with Crippen molar-refractivity contribution in [3.8, 4) is 0 Å². The number of hydrogen-bond donors (Lipinski definition) is 2. The number of rotatable bonds is 14. The van der Waals surface area contributed by atoms with Gasteiger partial charge in [-0.1, -0.05) is 38.3 Å². The molecule has 0 saturated heterocycles. The molecule has 0 aromatic rings. The standard InChI is InChI=1S/C17H31NO3S/c1-3-4-5-6-7-8-9-10-11-12-16(19)18-15(17(20)21)13-14-22-2/h8-9,15H,3-7,10-14H2,1-2H3,(H,18,19)(H,20,21)/b9-8-. The number of carboxylic acid groups (broad SMARTS) is 1. The van der Waals surface area contributed by atoms with Crippen LogP contribution in [0, 0.1) is 0 Å². The van der Waals surface area contributed by atoms with Crippen LogP contribution in [0.15, 0.2) is 12.2 Å². The Morgan fingerprint density at radius 3 is 2.41 bits per heavy atom. The molecule has 0 aromatic heterocycles. The first-order valence-electron chi connectivity index (χ1n) is 8.27. The van der Waals surface area contributed by atoms with Gasteiger partial charge in [0.25, 0.3) is 0 Å². The summed E-state index contributed by atoms with van der Waals surface area (Å²) in [4.78, 5) is 22.8. The third-order valence-electron chi connectivity index (χ3n) is 3.41. The lowest BCUT2D eigenvalue weighted by molar-refractivity contribution is -0.141. The smallest absolute Gasteiger partial charge is 0.326 e. The van der Waals surface area contributed by atoms with Gasteiger partial charge < -0.3 is 10.4 Å². The molecule has 0 aromatic carbocycles. The monoisotopic (exact) mass is 329 g/mol. The zero-order valence-electron chi connectivity index (χ0n) is 14.0. The summed E-state index contributed by atoms with van der Waals surface area (Å²) in [5.74, 6) is -0.378. The van der Waals surface area contributed by atoms with Gasteiger partial charge in [-0.25, -0.2) is 4.79 Å². The Hall–Kier alpha value is -0.970. The van der Waals surface area contributed by atoms with E-state index < -0.39 is 12.0 Å². The topological polar surface area (TPSA) is 66.4 Å². The Bertz CT molecular complexity index is 332. The number of carboxylic acids is 1. The van der Waals surface area contributed by atoms with Gasteiger partial charge in [-0.2, -0.15) is 11.8 Å². The summed E-state index contributed by atoms with van der Waals surface area (Å²) >= 11 is 1.58. The number of unbranched alkanes of at least 4 members (excludes halogenated alkanes) is 5. The first-order chi connectivity index (χ1) is 10.6. The molecule has 0 aliphatic rings. The predicted octanol–water partition coefficient (Wildman–Crippen LogP) is 4.01. The van der Waals surface area contributed by atoms with E-state index in [1.807, 2.05) is 6.26 Å². The molecule has 22 heavy (non-hydrogen) atoms. The minimum absolute atomic E-state index is 0.162. The van der Waals surface area contributed by atoms with Crippen LogP contribution in [0.3, 0.4) is 0 Å². The first-order valence-corrected chi connectivity index (χ1v) is 9.67. The van der Waals surface area contributed by atoms with Crippen LogP contribution in [0.5, 0.6) is 0 Å². The van der Waals surface area contributed by atoms with Crippen LogP contribution in [-0.2, 0) is 9.59 Å². The summed E-state index contributed by atoms with van der Waals surface area (Å²) in [6.45, 7) is 2.21. The highest BCUT2D eigenvalue weighted by Crippen LogP contribution is 2.05. The molecule has 0 aliphatic carbocycles. The maximum atomic E-state index is 11.7. The van der Waals surface area contributed by atoms with Crippen molar-refractivity contribution in [2.24, 2.45) is 0 Å². The van der Waals surface area contributed by atoms with Crippen LogP contribution in [-0.4, -0.2) is 35.0 Å². The maximum Gasteiger partial charge on any atom is 0.326 e. The van der Waals surface area contributed by atoms with Crippen LogP contribution in [0.25, 0.3) is 0 Å². The predicted molar refractivity (Wildman–Crippen MR) is 94.3 cm³/mol. The largest absolute Gasteiger partial charge is 0.480 e. The lowest BCUT2D eigenvalue weighted by Gasteiger charge is -2.13. The Balaban J connectivity index is 3.70. The molecular weight excluding hydrogens is 298 g/mol. The van der Waals surface area contributed by atoms with Gasteiger partial charge in [-0.05, 0) is 44.1 Å². The minimum atomic E-state index is -0.950. The van der Waals surface area contributed by atoms with Gasteiger partial charge in [0, 0.05) is 6.42 Å². The second-order valence-electron chi connectivity index (χ2n) is 5.45. The molecule has 1 unspecified atom stereocenters. The molecule has 4 nitrogen and oxygen atoms in total. The zero-order valence-corrected chi connectivity index (χ0v) is 14.8. The van der Waals surface area contributed by atoms with E-state index in [1.165, 1.54) is 25.7 Å². The highest BCUT2D eigenvalue weighted by molar-refractivity contribution is 7.98. The van der Waals surface area contributed by atoms with Crippen LogP contribution in [0.2, 0.25) is 0 Å². The van der Waals surface area contributed by atoms with E-state index in [-0.39, 0.29) is 5.91 Å². The second kappa shape index (κ2) is 14.9. The highest BCUT2D eigenvalue weighted by Gasteiger charge is 2.18.